The standard InChI is InChI=1S/C15H22O5/c1-3-4-5-6-12(16)11-7-8-13(14(9-11)19-2)20-10-15(17)18/h7-9,12,16H,3-6,10H2,1-2H3,(H,17,18). The Balaban J connectivity index is 2.72. The van der Waals surface area contributed by atoms with Crippen molar-refractivity contribution in [1.29, 1.82) is 0 Å². The topological polar surface area (TPSA) is 76.0 Å². The van der Waals surface area contributed by atoms with Gasteiger partial charge in [0.25, 0.3) is 0 Å². The van der Waals surface area contributed by atoms with E-state index in [0.717, 1.165) is 24.8 Å². The van der Waals surface area contributed by atoms with E-state index in [4.69, 9.17) is 14.6 Å². The second kappa shape index (κ2) is 8.43. The summed E-state index contributed by atoms with van der Waals surface area (Å²) >= 11 is 0. The molecule has 0 heterocycles. The lowest BCUT2D eigenvalue weighted by Gasteiger charge is -2.14. The number of carboxylic acids is 1. The fourth-order valence-corrected chi connectivity index (χ4v) is 1.90. The minimum Gasteiger partial charge on any atom is -0.493 e. The van der Waals surface area contributed by atoms with Crippen molar-refractivity contribution in [3.63, 3.8) is 0 Å². The van der Waals surface area contributed by atoms with Gasteiger partial charge in [-0.05, 0) is 24.1 Å². The maximum absolute atomic E-state index is 10.5. The third kappa shape index (κ3) is 5.09. The molecule has 0 aromatic heterocycles. The monoisotopic (exact) mass is 282 g/mol. The van der Waals surface area contributed by atoms with Crippen LogP contribution in [0.3, 0.4) is 0 Å². The van der Waals surface area contributed by atoms with Crippen LogP contribution in [0.4, 0.5) is 0 Å². The molecule has 0 fully saturated rings. The van der Waals surface area contributed by atoms with E-state index in [9.17, 15) is 9.90 Å². The molecule has 0 saturated heterocycles. The first-order valence-corrected chi connectivity index (χ1v) is 6.79. The quantitative estimate of drug-likeness (QED) is 0.681. The molecule has 0 amide bonds. The fraction of sp³-hybridized carbons (Fsp3) is 0.533. The van der Waals surface area contributed by atoms with Crippen LogP contribution >= 0.6 is 0 Å². The van der Waals surface area contributed by atoms with Crippen LogP contribution < -0.4 is 9.47 Å². The van der Waals surface area contributed by atoms with Gasteiger partial charge >= 0.3 is 5.97 Å². The van der Waals surface area contributed by atoms with Crippen LogP contribution in [0.2, 0.25) is 0 Å². The molecule has 1 aromatic rings. The predicted octanol–water partition coefficient (Wildman–Crippen LogP) is 2.77. The maximum Gasteiger partial charge on any atom is 0.341 e. The number of unbranched alkanes of at least 4 members (excludes halogenated alkanes) is 2. The van der Waals surface area contributed by atoms with Crippen LogP contribution in [0.25, 0.3) is 0 Å². The predicted molar refractivity (Wildman–Crippen MR) is 75.2 cm³/mol. The minimum atomic E-state index is -1.05. The van der Waals surface area contributed by atoms with Crippen molar-refractivity contribution in [2.75, 3.05) is 13.7 Å². The summed E-state index contributed by atoms with van der Waals surface area (Å²) < 4.78 is 10.3. The first kappa shape index (κ1) is 16.3. The first-order valence-electron chi connectivity index (χ1n) is 6.79. The van der Waals surface area contributed by atoms with Gasteiger partial charge in [0.05, 0.1) is 13.2 Å². The van der Waals surface area contributed by atoms with Crippen LogP contribution in [0, 0.1) is 0 Å². The molecule has 1 atom stereocenters. The van der Waals surface area contributed by atoms with Crippen molar-refractivity contribution < 1.29 is 24.5 Å². The zero-order valence-electron chi connectivity index (χ0n) is 12.0. The van der Waals surface area contributed by atoms with Crippen LogP contribution in [-0.2, 0) is 4.79 Å². The van der Waals surface area contributed by atoms with Gasteiger partial charge in [0, 0.05) is 0 Å². The molecule has 1 aromatic carbocycles. The molecule has 0 spiro atoms. The number of aliphatic hydroxyl groups is 1. The van der Waals surface area contributed by atoms with Gasteiger partial charge in [0.2, 0.25) is 0 Å². The normalized spacial score (nSPS) is 11.9. The Hall–Kier alpha value is -1.75. The molecule has 5 nitrogen and oxygen atoms in total. The lowest BCUT2D eigenvalue weighted by atomic mass is 10.0. The third-order valence-electron chi connectivity index (χ3n) is 3.00. The van der Waals surface area contributed by atoms with E-state index in [1.165, 1.54) is 7.11 Å². The summed E-state index contributed by atoms with van der Waals surface area (Å²) in [6, 6.07) is 5.05. The second-order valence-electron chi connectivity index (χ2n) is 4.60. The summed E-state index contributed by atoms with van der Waals surface area (Å²) in [4.78, 5) is 10.5. The van der Waals surface area contributed by atoms with Crippen molar-refractivity contribution >= 4 is 5.97 Å². The summed E-state index contributed by atoms with van der Waals surface area (Å²) in [5.74, 6) is -0.256. The van der Waals surface area contributed by atoms with Crippen molar-refractivity contribution in [3.05, 3.63) is 23.8 Å². The van der Waals surface area contributed by atoms with Crippen LogP contribution in [0.5, 0.6) is 11.5 Å². The highest BCUT2D eigenvalue weighted by Gasteiger charge is 2.12. The van der Waals surface area contributed by atoms with Crippen molar-refractivity contribution in [3.8, 4) is 11.5 Å². The molecule has 0 aliphatic rings. The van der Waals surface area contributed by atoms with Crippen molar-refractivity contribution in [1.82, 2.24) is 0 Å². The Labute approximate surface area is 119 Å². The average Bonchev–Trinajstić information content (AvgIpc) is 2.44. The Morgan fingerprint density at radius 2 is 2.05 bits per heavy atom. The van der Waals surface area contributed by atoms with Crippen molar-refractivity contribution in [2.24, 2.45) is 0 Å². The Morgan fingerprint density at radius 3 is 2.65 bits per heavy atom. The molecule has 5 heteroatoms. The van der Waals surface area contributed by atoms with Crippen LogP contribution in [0.15, 0.2) is 18.2 Å². The Bertz CT molecular complexity index is 430. The number of carbonyl (C=O) groups is 1. The van der Waals surface area contributed by atoms with E-state index in [-0.39, 0.29) is 0 Å². The maximum atomic E-state index is 10.5. The molecule has 0 radical (unpaired) electrons. The van der Waals surface area contributed by atoms with Gasteiger partial charge in [-0.1, -0.05) is 32.3 Å². The molecule has 20 heavy (non-hydrogen) atoms. The summed E-state index contributed by atoms with van der Waals surface area (Å²) in [5.41, 5.74) is 0.751. The summed E-state index contributed by atoms with van der Waals surface area (Å²) in [6.45, 7) is 1.69. The average molecular weight is 282 g/mol. The summed E-state index contributed by atoms with van der Waals surface area (Å²) in [6.07, 6.45) is 3.33. The molecule has 2 N–H and O–H groups in total. The summed E-state index contributed by atoms with van der Waals surface area (Å²) in [5, 5.41) is 18.7. The molecule has 1 rings (SSSR count). The number of hydrogen-bond donors (Lipinski definition) is 2. The van der Waals surface area contributed by atoms with E-state index in [0.29, 0.717) is 17.9 Å². The highest BCUT2D eigenvalue weighted by atomic mass is 16.5. The Morgan fingerprint density at radius 1 is 1.30 bits per heavy atom. The minimum absolute atomic E-state index is 0.361. The molecule has 0 aliphatic carbocycles. The number of ether oxygens (including phenoxy) is 2. The molecule has 112 valence electrons. The van der Waals surface area contributed by atoms with Crippen LogP contribution in [0.1, 0.15) is 44.3 Å². The number of aliphatic carboxylic acids is 1. The van der Waals surface area contributed by atoms with Gasteiger partial charge in [0.15, 0.2) is 18.1 Å². The summed E-state index contributed by atoms with van der Waals surface area (Å²) in [7, 11) is 1.48. The third-order valence-corrected chi connectivity index (χ3v) is 3.00. The number of rotatable bonds is 9. The number of aliphatic hydroxyl groups excluding tert-OH is 1. The van der Waals surface area contributed by atoms with Gasteiger partial charge in [-0.25, -0.2) is 4.79 Å². The number of benzene rings is 1. The molecule has 1 unspecified atom stereocenters. The van der Waals surface area contributed by atoms with E-state index in [2.05, 4.69) is 6.92 Å². The first-order chi connectivity index (χ1) is 9.58. The smallest absolute Gasteiger partial charge is 0.341 e. The van der Waals surface area contributed by atoms with E-state index < -0.39 is 18.7 Å². The van der Waals surface area contributed by atoms with E-state index in [1.807, 2.05) is 0 Å². The number of hydrogen-bond acceptors (Lipinski definition) is 4. The second-order valence-corrected chi connectivity index (χ2v) is 4.60. The van der Waals surface area contributed by atoms with Gasteiger partial charge in [-0.15, -0.1) is 0 Å². The molecule has 0 saturated carbocycles. The molecule has 0 bridgehead atoms. The zero-order chi connectivity index (χ0) is 15.0. The highest BCUT2D eigenvalue weighted by molar-refractivity contribution is 5.68. The Kier molecular flexibility index (Phi) is 6.87. The van der Waals surface area contributed by atoms with Crippen molar-refractivity contribution in [2.45, 2.75) is 38.7 Å². The fourth-order valence-electron chi connectivity index (χ4n) is 1.90. The lowest BCUT2D eigenvalue weighted by Crippen LogP contribution is -2.10. The van der Waals surface area contributed by atoms with Gasteiger partial charge in [0.1, 0.15) is 0 Å². The van der Waals surface area contributed by atoms with E-state index in [1.54, 1.807) is 18.2 Å². The molecular weight excluding hydrogens is 260 g/mol. The molecular formula is C15H22O5. The number of methoxy groups -OCH3 is 1. The van der Waals surface area contributed by atoms with Crippen LogP contribution in [-0.4, -0.2) is 29.9 Å². The van der Waals surface area contributed by atoms with Gasteiger partial charge in [-0.2, -0.15) is 0 Å². The zero-order valence-corrected chi connectivity index (χ0v) is 12.0. The lowest BCUT2D eigenvalue weighted by molar-refractivity contribution is -0.139. The highest BCUT2D eigenvalue weighted by Crippen LogP contribution is 2.31. The SMILES string of the molecule is CCCCCC(O)c1ccc(OCC(=O)O)c(OC)c1. The van der Waals surface area contributed by atoms with E-state index >= 15 is 0 Å². The van der Waals surface area contributed by atoms with Gasteiger partial charge < -0.3 is 19.7 Å². The van der Waals surface area contributed by atoms with Gasteiger partial charge in [-0.3, -0.25) is 0 Å². The molecule has 0 aliphatic heterocycles. The largest absolute Gasteiger partial charge is 0.493 e. The number of carboxylic acid groups (broad SMARTS) is 1.